The molecule has 1 saturated heterocycles. The van der Waals surface area contributed by atoms with E-state index < -0.39 is 0 Å². The van der Waals surface area contributed by atoms with Crippen LogP contribution in [0, 0.1) is 0 Å². The number of rotatable bonds is 3. The maximum atomic E-state index is 2.53. The number of hydrogen-bond donors (Lipinski definition) is 0. The van der Waals surface area contributed by atoms with Crippen LogP contribution in [-0.2, 0) is 6.42 Å². The Morgan fingerprint density at radius 3 is 2.28 bits per heavy atom. The van der Waals surface area contributed by atoms with Crippen molar-refractivity contribution >= 4 is 5.69 Å². The zero-order valence-corrected chi connectivity index (χ0v) is 12.2. The smallest absolute Gasteiger partial charge is 0.0372 e. The van der Waals surface area contributed by atoms with Gasteiger partial charge in [0.05, 0.1) is 0 Å². The minimum Gasteiger partial charge on any atom is -0.369 e. The second kappa shape index (κ2) is 5.75. The summed E-state index contributed by atoms with van der Waals surface area (Å²) in [5, 5.41) is 0. The summed E-state index contributed by atoms with van der Waals surface area (Å²) in [5.41, 5.74) is 4.37. The number of aryl methyl sites for hydroxylation is 1. The second-order valence-corrected chi connectivity index (χ2v) is 5.73. The van der Waals surface area contributed by atoms with Crippen LogP contribution < -0.4 is 4.90 Å². The molecule has 18 heavy (non-hydrogen) atoms. The van der Waals surface area contributed by atoms with Gasteiger partial charge in [0.1, 0.15) is 0 Å². The van der Waals surface area contributed by atoms with Crippen molar-refractivity contribution in [2.24, 2.45) is 0 Å². The molecule has 2 heteroatoms. The maximum absolute atomic E-state index is 2.53. The first-order valence-electron chi connectivity index (χ1n) is 7.17. The molecule has 100 valence electrons. The predicted octanol–water partition coefficient (Wildman–Crippen LogP) is 3.12. The van der Waals surface area contributed by atoms with Crippen molar-refractivity contribution in [1.82, 2.24) is 4.90 Å². The van der Waals surface area contributed by atoms with E-state index in [2.05, 4.69) is 55.8 Å². The van der Waals surface area contributed by atoms with Gasteiger partial charge in [-0.15, -0.1) is 0 Å². The molecule has 0 aromatic heterocycles. The Balaban J connectivity index is 2.23. The largest absolute Gasteiger partial charge is 0.369 e. The summed E-state index contributed by atoms with van der Waals surface area (Å²) in [6, 6.07) is 7.12. The van der Waals surface area contributed by atoms with Crippen molar-refractivity contribution in [3.63, 3.8) is 0 Å². The van der Waals surface area contributed by atoms with Crippen molar-refractivity contribution in [2.45, 2.75) is 33.1 Å². The third-order valence-electron chi connectivity index (χ3n) is 3.94. The molecule has 0 bridgehead atoms. The molecule has 0 atom stereocenters. The zero-order valence-electron chi connectivity index (χ0n) is 12.2. The zero-order chi connectivity index (χ0) is 13.1. The van der Waals surface area contributed by atoms with Gasteiger partial charge in [-0.25, -0.2) is 0 Å². The number of nitrogens with zero attached hydrogens (tertiary/aromatic N) is 2. The van der Waals surface area contributed by atoms with Crippen LogP contribution >= 0.6 is 0 Å². The molecular weight excluding hydrogens is 220 g/mol. The fourth-order valence-corrected chi connectivity index (χ4v) is 2.48. The van der Waals surface area contributed by atoms with Gasteiger partial charge in [0.2, 0.25) is 0 Å². The lowest BCUT2D eigenvalue weighted by molar-refractivity contribution is 0.313. The number of piperazine rings is 1. The molecule has 1 heterocycles. The molecule has 1 aromatic carbocycles. The lowest BCUT2D eigenvalue weighted by Crippen LogP contribution is -2.44. The Morgan fingerprint density at radius 1 is 1.06 bits per heavy atom. The van der Waals surface area contributed by atoms with Crippen molar-refractivity contribution in [2.75, 3.05) is 38.1 Å². The average molecular weight is 246 g/mol. The number of anilines is 1. The molecule has 0 amide bonds. The Labute approximate surface area is 112 Å². The Hall–Kier alpha value is -1.02. The molecule has 0 N–H and O–H groups in total. The van der Waals surface area contributed by atoms with Gasteiger partial charge in [-0.2, -0.15) is 0 Å². The van der Waals surface area contributed by atoms with Gasteiger partial charge in [0.25, 0.3) is 0 Å². The maximum Gasteiger partial charge on any atom is 0.0372 e. The van der Waals surface area contributed by atoms with Gasteiger partial charge in [-0.1, -0.05) is 26.8 Å². The fraction of sp³-hybridized carbons (Fsp3) is 0.625. The number of likely N-dealkylation sites (N-methyl/N-ethyl adjacent to an activating group) is 1. The molecule has 0 unspecified atom stereocenters. The highest BCUT2D eigenvalue weighted by Crippen LogP contribution is 2.25. The molecule has 0 radical (unpaired) electrons. The monoisotopic (exact) mass is 246 g/mol. The van der Waals surface area contributed by atoms with E-state index in [0.717, 1.165) is 19.5 Å². The van der Waals surface area contributed by atoms with E-state index in [0.29, 0.717) is 5.92 Å². The lowest BCUT2D eigenvalue weighted by Gasteiger charge is -2.34. The topological polar surface area (TPSA) is 6.48 Å². The molecule has 2 nitrogen and oxygen atoms in total. The quantitative estimate of drug-likeness (QED) is 0.808. The highest BCUT2D eigenvalue weighted by molar-refractivity contribution is 5.52. The van der Waals surface area contributed by atoms with Crippen LogP contribution in [0.1, 0.15) is 37.8 Å². The van der Waals surface area contributed by atoms with Crippen molar-refractivity contribution in [3.05, 3.63) is 29.3 Å². The van der Waals surface area contributed by atoms with Gasteiger partial charge < -0.3 is 9.80 Å². The first-order valence-corrected chi connectivity index (χ1v) is 7.17. The van der Waals surface area contributed by atoms with Crippen LogP contribution in [0.5, 0.6) is 0 Å². The molecule has 1 fully saturated rings. The van der Waals surface area contributed by atoms with Gasteiger partial charge >= 0.3 is 0 Å². The number of hydrogen-bond acceptors (Lipinski definition) is 2. The highest BCUT2D eigenvalue weighted by Gasteiger charge is 2.15. The first kappa shape index (κ1) is 13.4. The minimum atomic E-state index is 0.614. The third-order valence-corrected chi connectivity index (χ3v) is 3.94. The molecule has 1 aliphatic rings. The average Bonchev–Trinajstić information content (AvgIpc) is 2.39. The van der Waals surface area contributed by atoms with Crippen molar-refractivity contribution < 1.29 is 0 Å². The van der Waals surface area contributed by atoms with E-state index in [9.17, 15) is 0 Å². The minimum absolute atomic E-state index is 0.614. The summed E-state index contributed by atoms with van der Waals surface area (Å²) in [7, 11) is 2.21. The molecule has 1 aliphatic heterocycles. The van der Waals surface area contributed by atoms with Crippen molar-refractivity contribution in [3.8, 4) is 0 Å². The Morgan fingerprint density at radius 2 is 1.72 bits per heavy atom. The first-order chi connectivity index (χ1) is 8.60. The van der Waals surface area contributed by atoms with E-state index in [-0.39, 0.29) is 0 Å². The van der Waals surface area contributed by atoms with E-state index in [1.807, 2.05) is 0 Å². The predicted molar refractivity (Wildman–Crippen MR) is 79.6 cm³/mol. The fourth-order valence-electron chi connectivity index (χ4n) is 2.48. The van der Waals surface area contributed by atoms with Gasteiger partial charge in [0, 0.05) is 31.9 Å². The third kappa shape index (κ3) is 3.05. The van der Waals surface area contributed by atoms with Gasteiger partial charge in [0.15, 0.2) is 0 Å². The Kier molecular flexibility index (Phi) is 4.28. The molecule has 1 aromatic rings. The normalized spacial score (nSPS) is 17.5. The van der Waals surface area contributed by atoms with Crippen LogP contribution in [0.2, 0.25) is 0 Å². The standard InChI is InChI=1S/C16H26N2/c1-5-14-10-15(13(2)3)12-16(11-14)18-8-6-17(4)7-9-18/h10-13H,5-9H2,1-4H3. The van der Waals surface area contributed by atoms with E-state index >= 15 is 0 Å². The summed E-state index contributed by atoms with van der Waals surface area (Å²) in [4.78, 5) is 4.94. The summed E-state index contributed by atoms with van der Waals surface area (Å²) in [6.45, 7) is 11.5. The van der Waals surface area contributed by atoms with E-state index in [1.165, 1.54) is 29.9 Å². The summed E-state index contributed by atoms with van der Waals surface area (Å²) in [6.07, 6.45) is 1.13. The van der Waals surface area contributed by atoms with Gasteiger partial charge in [-0.3, -0.25) is 0 Å². The molecular formula is C16H26N2. The summed E-state index contributed by atoms with van der Waals surface area (Å²) >= 11 is 0. The number of benzene rings is 1. The molecule has 0 aliphatic carbocycles. The highest BCUT2D eigenvalue weighted by atomic mass is 15.2. The van der Waals surface area contributed by atoms with Crippen LogP contribution in [0.3, 0.4) is 0 Å². The molecule has 2 rings (SSSR count). The Bertz CT molecular complexity index is 390. The summed E-state index contributed by atoms with van der Waals surface area (Å²) in [5.74, 6) is 0.614. The van der Waals surface area contributed by atoms with Crippen LogP contribution in [-0.4, -0.2) is 38.1 Å². The van der Waals surface area contributed by atoms with Crippen molar-refractivity contribution in [1.29, 1.82) is 0 Å². The second-order valence-electron chi connectivity index (χ2n) is 5.73. The summed E-state index contributed by atoms with van der Waals surface area (Å²) < 4.78 is 0. The van der Waals surface area contributed by atoms with Gasteiger partial charge in [-0.05, 0) is 42.6 Å². The van der Waals surface area contributed by atoms with E-state index in [1.54, 1.807) is 0 Å². The SMILES string of the molecule is CCc1cc(C(C)C)cc(N2CCN(C)CC2)c1. The lowest BCUT2D eigenvalue weighted by atomic mass is 9.98. The molecule has 0 saturated carbocycles. The van der Waals surface area contributed by atoms with Crippen LogP contribution in [0.4, 0.5) is 5.69 Å². The van der Waals surface area contributed by atoms with E-state index in [4.69, 9.17) is 0 Å². The molecule has 0 spiro atoms. The van der Waals surface area contributed by atoms with Crippen LogP contribution in [0.25, 0.3) is 0 Å². The van der Waals surface area contributed by atoms with Crippen LogP contribution in [0.15, 0.2) is 18.2 Å².